The van der Waals surface area contributed by atoms with Crippen molar-refractivity contribution < 1.29 is 4.74 Å². The number of aromatic nitrogens is 1. The van der Waals surface area contributed by atoms with Crippen LogP contribution in [-0.4, -0.2) is 4.98 Å². The fourth-order valence-electron chi connectivity index (χ4n) is 5.83. The van der Waals surface area contributed by atoms with Gasteiger partial charge in [0.25, 0.3) is 0 Å². The average Bonchev–Trinajstić information content (AvgIpc) is 3.65. The first-order valence-corrected chi connectivity index (χ1v) is 13.9. The minimum Gasteiger partial charge on any atom is -0.462 e. The summed E-state index contributed by atoms with van der Waals surface area (Å²) in [4.78, 5) is 5.90. The first-order valence-electron chi connectivity index (χ1n) is 13.9. The zero-order valence-corrected chi connectivity index (χ0v) is 22.3. The summed E-state index contributed by atoms with van der Waals surface area (Å²) in [5, 5.41) is 5.86. The van der Waals surface area contributed by atoms with Crippen LogP contribution < -0.4 is 15.0 Å². The number of hydrogen-bond donors (Lipinski definition) is 2. The smallest absolute Gasteiger partial charge is 0.196 e. The van der Waals surface area contributed by atoms with Crippen molar-refractivity contribution in [3.8, 4) is 16.9 Å². The molecule has 0 saturated carbocycles. The molecule has 0 bridgehead atoms. The molecule has 7 aromatic rings. The average molecular weight is 530 g/mol. The molecule has 0 saturated heterocycles. The maximum absolute atomic E-state index is 6.41. The van der Waals surface area contributed by atoms with Gasteiger partial charge in [0.1, 0.15) is 0 Å². The van der Waals surface area contributed by atoms with Gasteiger partial charge in [-0.2, -0.15) is 0 Å². The van der Waals surface area contributed by atoms with Crippen LogP contribution in [0.25, 0.3) is 32.9 Å². The minimum absolute atomic E-state index is 0.191. The van der Waals surface area contributed by atoms with Crippen LogP contribution in [0.3, 0.4) is 0 Å². The third kappa shape index (κ3) is 4.09. The predicted octanol–water partition coefficient (Wildman–Crippen LogP) is 9.96. The number of ether oxygens (including phenoxy) is 1. The van der Waals surface area contributed by atoms with Crippen LogP contribution in [0.2, 0.25) is 0 Å². The normalized spacial score (nSPS) is 14.0. The van der Waals surface area contributed by atoms with Gasteiger partial charge in [-0.3, -0.25) is 0 Å². The highest BCUT2D eigenvalue weighted by molar-refractivity contribution is 6.12. The Bertz CT molecular complexity index is 1940. The van der Waals surface area contributed by atoms with Crippen LogP contribution >= 0.6 is 0 Å². The third-order valence-corrected chi connectivity index (χ3v) is 7.84. The molecule has 0 radical (unpaired) electrons. The molecule has 2 heterocycles. The first-order chi connectivity index (χ1) is 20.3. The molecule has 2 N–H and O–H groups in total. The summed E-state index contributed by atoms with van der Waals surface area (Å²) >= 11 is 0. The molecule has 4 nitrogen and oxygen atoms in total. The highest BCUT2D eigenvalue weighted by Crippen LogP contribution is 2.45. The number of benzene rings is 6. The van der Waals surface area contributed by atoms with E-state index in [4.69, 9.17) is 4.74 Å². The standard InChI is InChI=1S/C37H27N3O/c1-4-10-26(11-5-1)37-39-34-23-21-31-32-24-27(18-22-33(32)38-35(31)36(34)41-37)25-16-19-30(20-17-25)40(28-12-6-2-7-13-28)29-14-8-3-9-15-29/h1-24,37-39H. The molecule has 1 unspecified atom stereocenters. The van der Waals surface area contributed by atoms with Crippen molar-refractivity contribution in [1.29, 1.82) is 0 Å². The molecule has 1 aliphatic heterocycles. The van der Waals surface area contributed by atoms with E-state index in [9.17, 15) is 0 Å². The number of aromatic amines is 1. The number of rotatable bonds is 5. The summed E-state index contributed by atoms with van der Waals surface area (Å²) in [5.74, 6) is 0.875. The molecular weight excluding hydrogens is 502 g/mol. The molecule has 0 spiro atoms. The Morgan fingerprint density at radius 3 is 1.83 bits per heavy atom. The largest absolute Gasteiger partial charge is 0.462 e. The second kappa shape index (κ2) is 9.61. The summed E-state index contributed by atoms with van der Waals surface area (Å²) in [6, 6.07) is 51.0. The van der Waals surface area contributed by atoms with Crippen molar-refractivity contribution in [2.75, 3.05) is 10.2 Å². The van der Waals surface area contributed by atoms with Gasteiger partial charge < -0.3 is 19.9 Å². The molecule has 6 aromatic carbocycles. The van der Waals surface area contributed by atoms with E-state index in [0.717, 1.165) is 50.5 Å². The number of fused-ring (bicyclic) bond motifs is 5. The quantitative estimate of drug-likeness (QED) is 0.233. The maximum Gasteiger partial charge on any atom is 0.196 e. The van der Waals surface area contributed by atoms with E-state index < -0.39 is 0 Å². The summed E-state index contributed by atoms with van der Waals surface area (Å²) in [5.41, 5.74) is 9.97. The lowest BCUT2D eigenvalue weighted by atomic mass is 10.0. The summed E-state index contributed by atoms with van der Waals surface area (Å²) in [6.07, 6.45) is -0.191. The SMILES string of the molecule is c1ccc(C2Nc3ccc4c([nH]c5ccc(-c6ccc(N(c7ccccc7)c7ccccc7)cc6)cc54)c3O2)cc1. The van der Waals surface area contributed by atoms with E-state index in [0.29, 0.717) is 0 Å². The molecule has 41 heavy (non-hydrogen) atoms. The lowest BCUT2D eigenvalue weighted by Gasteiger charge is -2.25. The zero-order chi connectivity index (χ0) is 27.2. The second-order valence-corrected chi connectivity index (χ2v) is 10.4. The van der Waals surface area contributed by atoms with Gasteiger partial charge in [0.05, 0.1) is 11.2 Å². The van der Waals surface area contributed by atoms with Crippen LogP contribution in [-0.2, 0) is 0 Å². The van der Waals surface area contributed by atoms with Crippen molar-refractivity contribution in [3.63, 3.8) is 0 Å². The van der Waals surface area contributed by atoms with Gasteiger partial charge in [-0.1, -0.05) is 84.9 Å². The van der Waals surface area contributed by atoms with Gasteiger partial charge in [-0.25, -0.2) is 0 Å². The van der Waals surface area contributed by atoms with Crippen LogP contribution in [0, 0.1) is 0 Å². The van der Waals surface area contributed by atoms with E-state index in [-0.39, 0.29) is 6.23 Å². The fourth-order valence-corrected chi connectivity index (χ4v) is 5.83. The van der Waals surface area contributed by atoms with E-state index in [1.807, 2.05) is 18.2 Å². The Morgan fingerprint density at radius 1 is 0.537 bits per heavy atom. The molecule has 0 fully saturated rings. The molecule has 1 aliphatic rings. The molecule has 4 heteroatoms. The van der Waals surface area contributed by atoms with Crippen LogP contribution in [0.4, 0.5) is 22.7 Å². The second-order valence-electron chi connectivity index (χ2n) is 10.4. The molecule has 196 valence electrons. The van der Waals surface area contributed by atoms with Gasteiger partial charge in [0, 0.05) is 38.9 Å². The van der Waals surface area contributed by atoms with E-state index in [1.165, 1.54) is 16.5 Å². The van der Waals surface area contributed by atoms with Crippen molar-refractivity contribution in [2.24, 2.45) is 0 Å². The van der Waals surface area contributed by atoms with Crippen LogP contribution in [0.15, 0.2) is 146 Å². The van der Waals surface area contributed by atoms with Gasteiger partial charge in [-0.15, -0.1) is 0 Å². The topological polar surface area (TPSA) is 40.3 Å². The number of para-hydroxylation sites is 2. The summed E-state index contributed by atoms with van der Waals surface area (Å²) < 4.78 is 6.41. The van der Waals surface area contributed by atoms with Crippen molar-refractivity contribution in [1.82, 2.24) is 4.98 Å². The van der Waals surface area contributed by atoms with Crippen LogP contribution in [0.1, 0.15) is 11.8 Å². The van der Waals surface area contributed by atoms with Gasteiger partial charge in [0.2, 0.25) is 0 Å². The van der Waals surface area contributed by atoms with Crippen molar-refractivity contribution >= 4 is 44.6 Å². The Kier molecular flexibility index (Phi) is 5.49. The first kappa shape index (κ1) is 23.4. The van der Waals surface area contributed by atoms with Gasteiger partial charge >= 0.3 is 0 Å². The van der Waals surface area contributed by atoms with E-state index >= 15 is 0 Å². The molecule has 8 rings (SSSR count). The van der Waals surface area contributed by atoms with Crippen molar-refractivity contribution in [3.05, 3.63) is 151 Å². The fraction of sp³-hybridized carbons (Fsp3) is 0.0270. The van der Waals surface area contributed by atoms with Gasteiger partial charge in [0.15, 0.2) is 12.0 Å². The molecular formula is C37H27N3O. The highest BCUT2D eigenvalue weighted by atomic mass is 16.5. The Hall–Kier alpha value is -5.48. The number of H-pyrrole nitrogens is 1. The van der Waals surface area contributed by atoms with E-state index in [1.54, 1.807) is 0 Å². The molecule has 0 aliphatic carbocycles. The minimum atomic E-state index is -0.191. The summed E-state index contributed by atoms with van der Waals surface area (Å²) in [6.45, 7) is 0. The number of anilines is 4. The predicted molar refractivity (Wildman–Crippen MR) is 169 cm³/mol. The zero-order valence-electron chi connectivity index (χ0n) is 22.3. The van der Waals surface area contributed by atoms with Crippen molar-refractivity contribution in [2.45, 2.75) is 6.23 Å². The molecule has 1 aromatic heterocycles. The Labute approximate surface area is 238 Å². The number of hydrogen-bond acceptors (Lipinski definition) is 3. The summed E-state index contributed by atoms with van der Waals surface area (Å²) in [7, 11) is 0. The molecule has 1 atom stereocenters. The monoisotopic (exact) mass is 529 g/mol. The van der Waals surface area contributed by atoms with E-state index in [2.05, 4.69) is 143 Å². The highest BCUT2D eigenvalue weighted by Gasteiger charge is 2.26. The number of nitrogens with zero attached hydrogens (tertiary/aromatic N) is 1. The Balaban J connectivity index is 1.15. The third-order valence-electron chi connectivity index (χ3n) is 7.84. The maximum atomic E-state index is 6.41. The number of nitrogens with one attached hydrogen (secondary N) is 2. The Morgan fingerprint density at radius 2 is 1.15 bits per heavy atom. The molecule has 0 amide bonds. The lowest BCUT2D eigenvalue weighted by molar-refractivity contribution is 0.262. The lowest BCUT2D eigenvalue weighted by Crippen LogP contribution is -2.09. The van der Waals surface area contributed by atoms with Gasteiger partial charge in [-0.05, 0) is 71.8 Å². The van der Waals surface area contributed by atoms with Crippen LogP contribution in [0.5, 0.6) is 5.75 Å².